The summed E-state index contributed by atoms with van der Waals surface area (Å²) in [5.41, 5.74) is 3.55. The van der Waals surface area contributed by atoms with Crippen LogP contribution < -0.4 is 10.6 Å². The van der Waals surface area contributed by atoms with Crippen molar-refractivity contribution in [2.75, 3.05) is 17.2 Å². The summed E-state index contributed by atoms with van der Waals surface area (Å²) in [6.45, 7) is 4.44. The minimum atomic E-state index is -0.908. The molecule has 2 aromatic rings. The molecule has 3 nitrogen and oxygen atoms in total. The highest BCUT2D eigenvalue weighted by molar-refractivity contribution is 5.92. The smallest absolute Gasteiger partial charge is 0.226 e. The average Bonchev–Trinajstić information content (AvgIpc) is 2.58. The van der Waals surface area contributed by atoms with Crippen LogP contribution in [0.25, 0.3) is 0 Å². The highest BCUT2D eigenvalue weighted by atomic mass is 19.2. The van der Waals surface area contributed by atoms with Gasteiger partial charge in [-0.05, 0) is 42.2 Å². The van der Waals surface area contributed by atoms with E-state index in [1.54, 1.807) is 0 Å². The zero-order valence-corrected chi connectivity index (χ0v) is 14.0. The van der Waals surface area contributed by atoms with Crippen molar-refractivity contribution in [3.05, 3.63) is 59.2 Å². The van der Waals surface area contributed by atoms with Gasteiger partial charge in [0.15, 0.2) is 11.6 Å². The van der Waals surface area contributed by atoms with Crippen molar-refractivity contribution in [3.8, 4) is 0 Å². The molecule has 0 spiro atoms. The SMILES string of the molecule is CCc1cccc(CC)c1NC(=O)CCNc1ccc(F)c(F)c1. The zero-order chi connectivity index (χ0) is 17.5. The molecule has 0 heterocycles. The molecular formula is C19H22F2N2O. The van der Waals surface area contributed by atoms with Gasteiger partial charge < -0.3 is 10.6 Å². The normalized spacial score (nSPS) is 10.5. The van der Waals surface area contributed by atoms with Crippen LogP contribution >= 0.6 is 0 Å². The number of hydrogen-bond acceptors (Lipinski definition) is 2. The molecule has 0 fully saturated rings. The van der Waals surface area contributed by atoms with E-state index in [0.717, 1.165) is 41.8 Å². The molecule has 24 heavy (non-hydrogen) atoms. The van der Waals surface area contributed by atoms with Crippen molar-refractivity contribution >= 4 is 17.3 Å². The highest BCUT2D eigenvalue weighted by Gasteiger charge is 2.10. The second-order valence-electron chi connectivity index (χ2n) is 5.51. The fourth-order valence-corrected chi connectivity index (χ4v) is 2.53. The van der Waals surface area contributed by atoms with E-state index in [4.69, 9.17) is 0 Å². The second-order valence-corrected chi connectivity index (χ2v) is 5.51. The number of carbonyl (C=O) groups is 1. The Morgan fingerprint density at radius 1 is 1.00 bits per heavy atom. The van der Waals surface area contributed by atoms with E-state index < -0.39 is 11.6 Å². The summed E-state index contributed by atoms with van der Waals surface area (Å²) in [7, 11) is 0. The van der Waals surface area contributed by atoms with Crippen LogP contribution in [0, 0.1) is 11.6 Å². The van der Waals surface area contributed by atoms with Crippen LogP contribution in [0.4, 0.5) is 20.2 Å². The summed E-state index contributed by atoms with van der Waals surface area (Å²) < 4.78 is 26.0. The van der Waals surface area contributed by atoms with Crippen LogP contribution in [0.2, 0.25) is 0 Å². The van der Waals surface area contributed by atoms with Crippen LogP contribution in [0.1, 0.15) is 31.4 Å². The molecule has 2 rings (SSSR count). The van der Waals surface area contributed by atoms with Crippen LogP contribution in [0.15, 0.2) is 36.4 Å². The summed E-state index contributed by atoms with van der Waals surface area (Å²) >= 11 is 0. The number of para-hydroxylation sites is 1. The van der Waals surface area contributed by atoms with E-state index in [0.29, 0.717) is 12.2 Å². The fourth-order valence-electron chi connectivity index (χ4n) is 2.53. The minimum Gasteiger partial charge on any atom is -0.384 e. The number of nitrogens with one attached hydrogen (secondary N) is 2. The van der Waals surface area contributed by atoms with Gasteiger partial charge >= 0.3 is 0 Å². The molecule has 0 aromatic heterocycles. The van der Waals surface area contributed by atoms with Crippen LogP contribution in [-0.4, -0.2) is 12.5 Å². The molecule has 1 amide bonds. The predicted octanol–water partition coefficient (Wildman–Crippen LogP) is 4.53. The Balaban J connectivity index is 1.93. The lowest BCUT2D eigenvalue weighted by molar-refractivity contribution is -0.115. The number of carbonyl (C=O) groups excluding carboxylic acids is 1. The topological polar surface area (TPSA) is 41.1 Å². The number of rotatable bonds is 7. The van der Waals surface area contributed by atoms with Crippen molar-refractivity contribution in [1.29, 1.82) is 0 Å². The first kappa shape index (κ1) is 17.9. The molecule has 0 aliphatic heterocycles. The van der Waals surface area contributed by atoms with Crippen LogP contribution in [0.3, 0.4) is 0 Å². The first-order valence-electron chi connectivity index (χ1n) is 8.14. The number of aryl methyl sites for hydroxylation is 2. The Bertz CT molecular complexity index is 694. The van der Waals surface area contributed by atoms with Crippen molar-refractivity contribution in [2.24, 2.45) is 0 Å². The predicted molar refractivity (Wildman–Crippen MR) is 93.3 cm³/mol. The van der Waals surface area contributed by atoms with Crippen molar-refractivity contribution in [1.82, 2.24) is 0 Å². The summed E-state index contributed by atoms with van der Waals surface area (Å²) in [4.78, 5) is 12.2. The van der Waals surface area contributed by atoms with Gasteiger partial charge in [-0.2, -0.15) is 0 Å². The maximum Gasteiger partial charge on any atom is 0.226 e. The number of benzene rings is 2. The van der Waals surface area contributed by atoms with E-state index in [1.165, 1.54) is 6.07 Å². The summed E-state index contributed by atoms with van der Waals surface area (Å²) in [6.07, 6.45) is 1.92. The van der Waals surface area contributed by atoms with Gasteiger partial charge in [-0.25, -0.2) is 8.78 Å². The van der Waals surface area contributed by atoms with Gasteiger partial charge in [-0.1, -0.05) is 32.0 Å². The Morgan fingerprint density at radius 2 is 1.67 bits per heavy atom. The van der Waals surface area contributed by atoms with Gasteiger partial charge in [0, 0.05) is 24.3 Å². The Kier molecular flexibility index (Phi) is 6.29. The lowest BCUT2D eigenvalue weighted by Gasteiger charge is -2.14. The first-order valence-corrected chi connectivity index (χ1v) is 8.14. The second kappa shape index (κ2) is 8.43. The maximum atomic E-state index is 13.1. The average molecular weight is 332 g/mol. The zero-order valence-electron chi connectivity index (χ0n) is 14.0. The third-order valence-electron chi connectivity index (χ3n) is 3.86. The molecule has 0 saturated heterocycles. The van der Waals surface area contributed by atoms with E-state index >= 15 is 0 Å². The molecular weight excluding hydrogens is 310 g/mol. The Hall–Kier alpha value is -2.43. The lowest BCUT2D eigenvalue weighted by atomic mass is 10.0. The van der Waals surface area contributed by atoms with Gasteiger partial charge in [-0.15, -0.1) is 0 Å². The number of halogens is 2. The minimum absolute atomic E-state index is 0.110. The molecule has 0 saturated carbocycles. The first-order chi connectivity index (χ1) is 11.5. The van der Waals surface area contributed by atoms with Crippen molar-refractivity contribution in [2.45, 2.75) is 33.1 Å². The Labute approximate surface area is 141 Å². The molecule has 0 radical (unpaired) electrons. The Morgan fingerprint density at radius 3 is 2.25 bits per heavy atom. The molecule has 0 bridgehead atoms. The van der Waals surface area contributed by atoms with Crippen LogP contribution in [0.5, 0.6) is 0 Å². The number of amides is 1. The van der Waals surface area contributed by atoms with Crippen molar-refractivity contribution < 1.29 is 13.6 Å². The van der Waals surface area contributed by atoms with Gasteiger partial charge in [0.2, 0.25) is 5.91 Å². The molecule has 2 aromatic carbocycles. The largest absolute Gasteiger partial charge is 0.384 e. The molecule has 0 aliphatic rings. The monoisotopic (exact) mass is 332 g/mol. The molecule has 0 aliphatic carbocycles. The summed E-state index contributed by atoms with van der Waals surface area (Å²) in [5.74, 6) is -1.91. The summed E-state index contributed by atoms with van der Waals surface area (Å²) in [5, 5.41) is 5.89. The fraction of sp³-hybridized carbons (Fsp3) is 0.316. The lowest BCUT2D eigenvalue weighted by Crippen LogP contribution is -2.18. The third kappa shape index (κ3) is 4.54. The third-order valence-corrected chi connectivity index (χ3v) is 3.86. The number of anilines is 2. The highest BCUT2D eigenvalue weighted by Crippen LogP contribution is 2.22. The van der Waals surface area contributed by atoms with E-state index in [1.807, 2.05) is 18.2 Å². The van der Waals surface area contributed by atoms with E-state index in [-0.39, 0.29) is 12.3 Å². The van der Waals surface area contributed by atoms with E-state index in [2.05, 4.69) is 24.5 Å². The maximum absolute atomic E-state index is 13.1. The molecule has 0 unspecified atom stereocenters. The van der Waals surface area contributed by atoms with Crippen LogP contribution in [-0.2, 0) is 17.6 Å². The molecule has 0 atom stereocenters. The number of hydrogen-bond donors (Lipinski definition) is 2. The quantitative estimate of drug-likeness (QED) is 0.782. The van der Waals surface area contributed by atoms with Gasteiger partial charge in [-0.3, -0.25) is 4.79 Å². The molecule has 5 heteroatoms. The van der Waals surface area contributed by atoms with Gasteiger partial charge in [0.25, 0.3) is 0 Å². The molecule has 128 valence electrons. The van der Waals surface area contributed by atoms with E-state index in [9.17, 15) is 13.6 Å². The van der Waals surface area contributed by atoms with Gasteiger partial charge in [0.1, 0.15) is 0 Å². The summed E-state index contributed by atoms with van der Waals surface area (Å²) in [6, 6.07) is 9.59. The molecule has 2 N–H and O–H groups in total. The van der Waals surface area contributed by atoms with Gasteiger partial charge in [0.05, 0.1) is 0 Å². The van der Waals surface area contributed by atoms with Crippen molar-refractivity contribution in [3.63, 3.8) is 0 Å². The standard InChI is InChI=1S/C19H22F2N2O/c1-3-13-6-5-7-14(4-2)19(13)23-18(24)10-11-22-15-8-9-16(20)17(21)12-15/h5-9,12,22H,3-4,10-11H2,1-2H3,(H,23,24).